The van der Waals surface area contributed by atoms with E-state index in [9.17, 15) is 5.26 Å². The van der Waals surface area contributed by atoms with Gasteiger partial charge in [-0.3, -0.25) is 4.90 Å². The molecule has 0 aromatic rings. The van der Waals surface area contributed by atoms with Crippen molar-refractivity contribution in [2.24, 2.45) is 0 Å². The average molecular weight is 250 g/mol. The van der Waals surface area contributed by atoms with Crippen LogP contribution in [0.5, 0.6) is 0 Å². The first kappa shape index (κ1) is 13.8. The third-order valence-corrected chi connectivity index (χ3v) is 4.69. The molecule has 0 aromatic heterocycles. The molecule has 1 saturated carbocycles. The van der Waals surface area contributed by atoms with Crippen LogP contribution in [0.15, 0.2) is 0 Å². The summed E-state index contributed by atoms with van der Waals surface area (Å²) in [6, 6.07) is 3.11. The monoisotopic (exact) mass is 250 g/mol. The van der Waals surface area contributed by atoms with E-state index in [1.165, 1.54) is 32.4 Å². The molecule has 1 aliphatic carbocycles. The third-order valence-electron chi connectivity index (χ3n) is 4.69. The lowest BCUT2D eigenvalue weighted by Crippen LogP contribution is -2.52. The van der Waals surface area contributed by atoms with Crippen molar-refractivity contribution in [3.05, 3.63) is 0 Å². The van der Waals surface area contributed by atoms with Crippen molar-refractivity contribution >= 4 is 0 Å². The van der Waals surface area contributed by atoms with Crippen LogP contribution in [0.25, 0.3) is 0 Å². The molecule has 18 heavy (non-hydrogen) atoms. The molecule has 4 nitrogen and oxygen atoms in total. The van der Waals surface area contributed by atoms with E-state index in [2.05, 4.69) is 28.2 Å². The Morgan fingerprint density at radius 2 is 2.06 bits per heavy atom. The first-order valence-corrected chi connectivity index (χ1v) is 7.22. The number of hydrogen-bond donors (Lipinski definition) is 1. The minimum atomic E-state index is -0.277. The smallest absolute Gasteiger partial charge is 0.108 e. The summed E-state index contributed by atoms with van der Waals surface area (Å²) < 4.78 is 0. The summed E-state index contributed by atoms with van der Waals surface area (Å²) in [7, 11) is 4.14. The van der Waals surface area contributed by atoms with Crippen molar-refractivity contribution < 1.29 is 0 Å². The molecule has 1 N–H and O–H groups in total. The number of hydrogen-bond acceptors (Lipinski definition) is 4. The Hall–Kier alpha value is -0.630. The van der Waals surface area contributed by atoms with Crippen LogP contribution in [0.4, 0.5) is 0 Å². The highest BCUT2D eigenvalue weighted by Gasteiger charge is 2.37. The molecule has 102 valence electrons. The highest BCUT2D eigenvalue weighted by atomic mass is 15.2. The fraction of sp³-hybridized carbons (Fsp3) is 0.929. The number of nitrogens with zero attached hydrogens (tertiary/aromatic N) is 3. The second kappa shape index (κ2) is 6.01. The Morgan fingerprint density at radius 3 is 2.78 bits per heavy atom. The number of rotatable bonds is 2. The van der Waals surface area contributed by atoms with Gasteiger partial charge in [0.15, 0.2) is 0 Å². The lowest BCUT2D eigenvalue weighted by atomic mass is 9.79. The fourth-order valence-electron chi connectivity index (χ4n) is 3.37. The third kappa shape index (κ3) is 3.03. The van der Waals surface area contributed by atoms with Crippen LogP contribution in [0.1, 0.15) is 32.1 Å². The highest BCUT2D eigenvalue weighted by Crippen LogP contribution is 2.31. The quantitative estimate of drug-likeness (QED) is 0.795. The molecule has 2 aliphatic rings. The Morgan fingerprint density at radius 1 is 1.22 bits per heavy atom. The molecule has 0 spiro atoms. The molecule has 0 radical (unpaired) electrons. The molecular weight excluding hydrogens is 224 g/mol. The van der Waals surface area contributed by atoms with E-state index in [0.717, 1.165) is 25.9 Å². The van der Waals surface area contributed by atoms with Crippen molar-refractivity contribution in [3.8, 4) is 6.07 Å². The van der Waals surface area contributed by atoms with Crippen LogP contribution in [0.2, 0.25) is 0 Å². The van der Waals surface area contributed by atoms with Crippen LogP contribution < -0.4 is 5.32 Å². The fourth-order valence-corrected chi connectivity index (χ4v) is 3.37. The molecule has 0 aromatic carbocycles. The maximum Gasteiger partial charge on any atom is 0.108 e. The van der Waals surface area contributed by atoms with Crippen molar-refractivity contribution in [2.45, 2.75) is 43.7 Å². The van der Waals surface area contributed by atoms with Crippen LogP contribution in [-0.2, 0) is 0 Å². The molecule has 2 unspecified atom stereocenters. The summed E-state index contributed by atoms with van der Waals surface area (Å²) in [4.78, 5) is 5.03. The van der Waals surface area contributed by atoms with Gasteiger partial charge in [0.1, 0.15) is 5.54 Å². The molecule has 4 heteroatoms. The molecule has 2 rings (SSSR count). The Bertz CT molecular complexity index is 311. The maximum atomic E-state index is 9.42. The minimum Gasteiger partial charge on any atom is -0.305 e. The summed E-state index contributed by atoms with van der Waals surface area (Å²) >= 11 is 0. The van der Waals surface area contributed by atoms with Gasteiger partial charge in [0.2, 0.25) is 0 Å². The largest absolute Gasteiger partial charge is 0.305 e. The van der Waals surface area contributed by atoms with Crippen LogP contribution >= 0.6 is 0 Å². The van der Waals surface area contributed by atoms with Gasteiger partial charge >= 0.3 is 0 Å². The maximum absolute atomic E-state index is 9.42. The van der Waals surface area contributed by atoms with E-state index >= 15 is 0 Å². The first-order chi connectivity index (χ1) is 8.69. The molecular formula is C14H26N4. The van der Waals surface area contributed by atoms with Gasteiger partial charge in [-0.05, 0) is 59.3 Å². The number of nitrogens with one attached hydrogen (secondary N) is 1. The Kier molecular flexibility index (Phi) is 4.60. The Labute approximate surface area is 111 Å². The summed E-state index contributed by atoms with van der Waals surface area (Å²) in [5, 5.41) is 12.7. The van der Waals surface area contributed by atoms with Gasteiger partial charge in [0.05, 0.1) is 6.07 Å². The summed E-state index contributed by atoms with van der Waals surface area (Å²) in [5.74, 6) is 0. The van der Waals surface area contributed by atoms with Gasteiger partial charge < -0.3 is 10.2 Å². The van der Waals surface area contributed by atoms with Gasteiger partial charge in [-0.25, -0.2) is 0 Å². The van der Waals surface area contributed by atoms with E-state index in [0.29, 0.717) is 6.04 Å². The van der Waals surface area contributed by atoms with Gasteiger partial charge in [-0.2, -0.15) is 5.26 Å². The predicted molar refractivity (Wildman–Crippen MR) is 73.3 cm³/mol. The second-order valence-electron chi connectivity index (χ2n) is 5.89. The molecule has 0 amide bonds. The van der Waals surface area contributed by atoms with Crippen molar-refractivity contribution in [1.82, 2.24) is 15.1 Å². The Balaban J connectivity index is 1.98. The van der Waals surface area contributed by atoms with Crippen LogP contribution in [0.3, 0.4) is 0 Å². The van der Waals surface area contributed by atoms with Crippen molar-refractivity contribution in [2.75, 3.05) is 40.3 Å². The zero-order valence-corrected chi connectivity index (χ0v) is 11.8. The molecule has 0 bridgehead atoms. The van der Waals surface area contributed by atoms with Gasteiger partial charge in [-0.1, -0.05) is 0 Å². The lowest BCUT2D eigenvalue weighted by Gasteiger charge is -2.40. The van der Waals surface area contributed by atoms with E-state index in [-0.39, 0.29) is 5.54 Å². The zero-order chi connectivity index (χ0) is 13.0. The normalized spacial score (nSPS) is 35.9. The molecule has 2 atom stereocenters. The minimum absolute atomic E-state index is 0.277. The van der Waals surface area contributed by atoms with Crippen molar-refractivity contribution in [3.63, 3.8) is 0 Å². The molecule has 1 saturated heterocycles. The van der Waals surface area contributed by atoms with E-state index in [1.807, 2.05) is 7.05 Å². The van der Waals surface area contributed by atoms with E-state index in [1.54, 1.807) is 0 Å². The molecule has 1 aliphatic heterocycles. The second-order valence-corrected chi connectivity index (χ2v) is 5.89. The SMILES string of the molecule is CNC1(C#N)CCCC(N2CCCN(C)CC2)C1. The van der Waals surface area contributed by atoms with E-state index in [4.69, 9.17) is 0 Å². The van der Waals surface area contributed by atoms with Crippen LogP contribution in [0, 0.1) is 11.3 Å². The standard InChI is InChI=1S/C14H26N4/c1-16-14(12-15)6-3-5-13(11-14)18-8-4-7-17(2)9-10-18/h13,16H,3-11H2,1-2H3. The summed E-state index contributed by atoms with van der Waals surface area (Å²) in [6.45, 7) is 4.72. The lowest BCUT2D eigenvalue weighted by molar-refractivity contribution is 0.127. The number of nitriles is 1. The van der Waals surface area contributed by atoms with Crippen LogP contribution in [-0.4, -0.2) is 61.7 Å². The average Bonchev–Trinajstić information content (AvgIpc) is 2.63. The van der Waals surface area contributed by atoms with Gasteiger partial charge in [0, 0.05) is 19.1 Å². The van der Waals surface area contributed by atoms with Gasteiger partial charge in [-0.15, -0.1) is 0 Å². The first-order valence-electron chi connectivity index (χ1n) is 7.22. The van der Waals surface area contributed by atoms with E-state index < -0.39 is 0 Å². The highest BCUT2D eigenvalue weighted by molar-refractivity contribution is 5.10. The molecule has 1 heterocycles. The predicted octanol–water partition coefficient (Wildman–Crippen LogP) is 1.05. The summed E-state index contributed by atoms with van der Waals surface area (Å²) in [5.41, 5.74) is -0.277. The zero-order valence-electron chi connectivity index (χ0n) is 11.8. The molecule has 2 fully saturated rings. The van der Waals surface area contributed by atoms with Gasteiger partial charge in [0.25, 0.3) is 0 Å². The summed E-state index contributed by atoms with van der Waals surface area (Å²) in [6.07, 6.45) is 5.68. The number of likely N-dealkylation sites (N-methyl/N-ethyl adjacent to an activating group) is 1. The van der Waals surface area contributed by atoms with Crippen molar-refractivity contribution in [1.29, 1.82) is 5.26 Å². The topological polar surface area (TPSA) is 42.3 Å².